The smallest absolute Gasteiger partial charge is 0.255 e. The van der Waals surface area contributed by atoms with E-state index in [1.807, 2.05) is 39.2 Å². The number of methoxy groups -OCH3 is 1. The Morgan fingerprint density at radius 1 is 1.20 bits per heavy atom. The van der Waals surface area contributed by atoms with Gasteiger partial charge < -0.3 is 28.9 Å². The first-order valence-corrected chi connectivity index (χ1v) is 15.2. The Morgan fingerprint density at radius 3 is 2.62 bits per heavy atom. The number of aromatic amines is 1. The third-order valence-electron chi connectivity index (χ3n) is 8.93. The van der Waals surface area contributed by atoms with Crippen LogP contribution < -0.4 is 20.3 Å². The normalized spacial score (nSPS) is 24.8. The Bertz CT molecular complexity index is 1500. The fourth-order valence-electron chi connectivity index (χ4n) is 6.52. The summed E-state index contributed by atoms with van der Waals surface area (Å²) in [6.45, 7) is 7.85. The van der Waals surface area contributed by atoms with Gasteiger partial charge in [-0.15, -0.1) is 11.8 Å². The molecule has 1 atom stereocenters. The Kier molecular flexibility index (Phi) is 7.13. The van der Waals surface area contributed by atoms with Crippen molar-refractivity contribution in [2.24, 2.45) is 5.92 Å². The molecule has 1 aromatic carbocycles. The number of benzene rings is 1. The first-order chi connectivity index (χ1) is 19.2. The van der Waals surface area contributed by atoms with Crippen LogP contribution in [0.5, 0.6) is 11.5 Å². The van der Waals surface area contributed by atoms with Crippen molar-refractivity contribution in [3.05, 3.63) is 51.1 Å². The molecule has 2 aliphatic heterocycles. The zero-order chi connectivity index (χ0) is 28.2. The number of pyridine rings is 1. The van der Waals surface area contributed by atoms with Crippen LogP contribution >= 0.6 is 11.8 Å². The number of aromatic nitrogens is 1. The summed E-state index contributed by atoms with van der Waals surface area (Å²) in [5, 5.41) is 3.65. The highest BCUT2D eigenvalue weighted by Gasteiger charge is 2.48. The minimum absolute atomic E-state index is 0.101. The van der Waals surface area contributed by atoms with Crippen LogP contribution in [0.15, 0.2) is 32.5 Å². The monoisotopic (exact) mass is 567 g/mol. The van der Waals surface area contributed by atoms with Gasteiger partial charge in [0.05, 0.1) is 23.3 Å². The summed E-state index contributed by atoms with van der Waals surface area (Å²) in [6.07, 6.45) is 8.07. The highest BCUT2D eigenvalue weighted by molar-refractivity contribution is 7.98. The van der Waals surface area contributed by atoms with Crippen molar-refractivity contribution in [1.29, 1.82) is 0 Å². The summed E-state index contributed by atoms with van der Waals surface area (Å²) in [4.78, 5) is 32.4. The molecule has 0 radical (unpaired) electrons. The molecule has 40 heavy (non-hydrogen) atoms. The summed E-state index contributed by atoms with van der Waals surface area (Å²) in [5.41, 5.74) is 2.63. The summed E-state index contributed by atoms with van der Waals surface area (Å²) < 4.78 is 24.5. The number of fused-ring (bicyclic) bond motifs is 3. The lowest BCUT2D eigenvalue weighted by molar-refractivity contribution is -0.129. The van der Waals surface area contributed by atoms with Gasteiger partial charge in [-0.2, -0.15) is 0 Å². The van der Waals surface area contributed by atoms with Gasteiger partial charge in [-0.1, -0.05) is 0 Å². The topological polar surface area (TPSA) is 106 Å². The van der Waals surface area contributed by atoms with Gasteiger partial charge in [-0.25, -0.2) is 0 Å². The largest absolute Gasteiger partial charge is 0.463 e. The second-order valence-corrected chi connectivity index (χ2v) is 12.2. The fraction of sp³-hybridized carbons (Fsp3) is 0.533. The Balaban J connectivity index is 1.21. The van der Waals surface area contributed by atoms with E-state index in [1.54, 1.807) is 13.4 Å². The van der Waals surface area contributed by atoms with Gasteiger partial charge in [0.15, 0.2) is 17.1 Å². The summed E-state index contributed by atoms with van der Waals surface area (Å²) >= 11 is 1.48. The first kappa shape index (κ1) is 27.2. The number of carbonyl (C=O) groups is 1. The molecular weight excluding hydrogens is 530 g/mol. The van der Waals surface area contributed by atoms with Crippen LogP contribution in [0.2, 0.25) is 0 Å². The lowest BCUT2D eigenvalue weighted by Crippen LogP contribution is -2.57. The van der Waals surface area contributed by atoms with Gasteiger partial charge >= 0.3 is 0 Å². The van der Waals surface area contributed by atoms with Gasteiger partial charge in [0, 0.05) is 67.3 Å². The lowest BCUT2D eigenvalue weighted by atomic mass is 9.80. The third kappa shape index (κ3) is 4.59. The number of rotatable bonds is 7. The van der Waals surface area contributed by atoms with E-state index in [0.29, 0.717) is 51.3 Å². The second-order valence-electron chi connectivity index (χ2n) is 11.4. The molecule has 214 valence electrons. The standard InChI is InChI=1S/C30H37N3O6S/c1-16-12-23(40-5)22(28(34)32-16)13-31-29(35)24-17(2)25-27(21-10-11-37-26(21)24)39-30(3,38-25)18-6-8-19(9-7-18)33-14-20(15-33)36-4/h10-12,18-20H,6-9,13-15H2,1-5H3,(H,31,35)(H,32,34)/t18?,19?,30-/m1/s1. The van der Waals surface area contributed by atoms with Gasteiger partial charge in [-0.05, 0) is 57.9 Å². The highest BCUT2D eigenvalue weighted by atomic mass is 32.2. The van der Waals surface area contributed by atoms with E-state index in [4.69, 9.17) is 18.6 Å². The third-order valence-corrected chi connectivity index (χ3v) is 9.74. The number of likely N-dealkylation sites (tertiary alicyclic amines) is 1. The zero-order valence-electron chi connectivity index (χ0n) is 23.7. The molecule has 3 aromatic rings. The number of nitrogens with zero attached hydrogens (tertiary/aromatic N) is 1. The maximum atomic E-state index is 13.6. The average Bonchev–Trinajstić information content (AvgIpc) is 3.53. The predicted molar refractivity (Wildman–Crippen MR) is 153 cm³/mol. The van der Waals surface area contributed by atoms with E-state index in [0.717, 1.165) is 49.4 Å². The van der Waals surface area contributed by atoms with Crippen molar-refractivity contribution in [2.45, 2.75) is 75.8 Å². The maximum Gasteiger partial charge on any atom is 0.255 e. The van der Waals surface area contributed by atoms with Crippen molar-refractivity contribution in [2.75, 3.05) is 26.5 Å². The molecule has 1 aliphatic carbocycles. The molecule has 9 nitrogen and oxygen atoms in total. The van der Waals surface area contributed by atoms with Crippen LogP contribution in [0, 0.1) is 19.8 Å². The molecule has 0 bridgehead atoms. The van der Waals surface area contributed by atoms with Crippen LogP contribution in [-0.4, -0.2) is 60.2 Å². The van der Waals surface area contributed by atoms with Crippen molar-refractivity contribution in [3.8, 4) is 11.5 Å². The molecule has 10 heteroatoms. The molecule has 1 saturated carbocycles. The Hall–Kier alpha value is -2.95. The van der Waals surface area contributed by atoms with E-state index in [9.17, 15) is 9.59 Å². The first-order valence-electron chi connectivity index (χ1n) is 14.0. The fourth-order valence-corrected chi connectivity index (χ4v) is 7.23. The van der Waals surface area contributed by atoms with Crippen LogP contribution in [0.1, 0.15) is 59.8 Å². The van der Waals surface area contributed by atoms with E-state index in [1.165, 1.54) is 11.8 Å². The quantitative estimate of drug-likeness (QED) is 0.394. The lowest BCUT2D eigenvalue weighted by Gasteiger charge is -2.47. The molecule has 4 heterocycles. The molecule has 0 spiro atoms. The number of nitrogens with one attached hydrogen (secondary N) is 2. The number of aryl methyl sites for hydroxylation is 1. The maximum absolute atomic E-state index is 13.6. The molecule has 2 fully saturated rings. The minimum Gasteiger partial charge on any atom is -0.463 e. The summed E-state index contributed by atoms with van der Waals surface area (Å²) in [5.74, 6) is 0.311. The Labute approximate surface area is 237 Å². The molecular formula is C30H37N3O6S. The molecule has 2 aromatic heterocycles. The van der Waals surface area contributed by atoms with Crippen LogP contribution in [0.4, 0.5) is 0 Å². The zero-order valence-corrected chi connectivity index (χ0v) is 24.5. The number of furan rings is 1. The number of carbonyl (C=O) groups excluding carboxylic acids is 1. The number of hydrogen-bond acceptors (Lipinski definition) is 8. The molecule has 1 amide bonds. The summed E-state index contributed by atoms with van der Waals surface area (Å²) in [6, 6.07) is 4.32. The SMILES string of the molecule is COC1CN(C2CCC([C@]3(C)Oc4c(C)c(C(=O)NCc5c(SC)cc(C)[nH]c5=O)c5occc5c4O3)CC2)C1. The molecule has 1 saturated heterocycles. The second kappa shape index (κ2) is 10.5. The molecule has 2 N–H and O–H groups in total. The summed E-state index contributed by atoms with van der Waals surface area (Å²) in [7, 11) is 1.78. The van der Waals surface area contributed by atoms with Crippen LogP contribution in [-0.2, 0) is 11.3 Å². The van der Waals surface area contributed by atoms with E-state index in [-0.39, 0.29) is 23.9 Å². The predicted octanol–water partition coefficient (Wildman–Crippen LogP) is 4.77. The van der Waals surface area contributed by atoms with Gasteiger partial charge in [0.1, 0.15) is 0 Å². The minimum atomic E-state index is -0.816. The van der Waals surface area contributed by atoms with Gasteiger partial charge in [0.2, 0.25) is 0 Å². The number of ether oxygens (including phenoxy) is 3. The van der Waals surface area contributed by atoms with E-state index >= 15 is 0 Å². The van der Waals surface area contributed by atoms with Crippen molar-refractivity contribution >= 4 is 28.6 Å². The van der Waals surface area contributed by atoms with E-state index < -0.39 is 5.79 Å². The number of H-pyrrole nitrogens is 1. The number of hydrogen-bond donors (Lipinski definition) is 2. The highest BCUT2D eigenvalue weighted by Crippen LogP contribution is 2.52. The number of thioether (sulfide) groups is 1. The van der Waals surface area contributed by atoms with Crippen LogP contribution in [0.25, 0.3) is 11.0 Å². The van der Waals surface area contributed by atoms with Gasteiger partial charge in [-0.3, -0.25) is 14.5 Å². The molecule has 6 rings (SSSR count). The van der Waals surface area contributed by atoms with Gasteiger partial charge in [0.25, 0.3) is 17.3 Å². The average molecular weight is 568 g/mol. The molecule has 0 unspecified atom stereocenters. The molecule has 3 aliphatic rings. The van der Waals surface area contributed by atoms with Crippen molar-refractivity contribution in [3.63, 3.8) is 0 Å². The Morgan fingerprint density at radius 2 is 1.93 bits per heavy atom. The van der Waals surface area contributed by atoms with E-state index in [2.05, 4.69) is 15.2 Å². The number of amides is 1. The van der Waals surface area contributed by atoms with Crippen LogP contribution in [0.3, 0.4) is 0 Å². The van der Waals surface area contributed by atoms with Crippen molar-refractivity contribution < 1.29 is 23.4 Å². The van der Waals surface area contributed by atoms with Crippen molar-refractivity contribution in [1.82, 2.24) is 15.2 Å².